The van der Waals surface area contributed by atoms with Crippen molar-refractivity contribution in [2.24, 2.45) is 5.92 Å². The van der Waals surface area contributed by atoms with Crippen molar-refractivity contribution in [3.05, 3.63) is 34.4 Å². The van der Waals surface area contributed by atoms with Crippen molar-refractivity contribution < 1.29 is 0 Å². The van der Waals surface area contributed by atoms with E-state index in [1.54, 1.807) is 0 Å². The van der Waals surface area contributed by atoms with Gasteiger partial charge in [0.2, 0.25) is 0 Å². The van der Waals surface area contributed by atoms with Gasteiger partial charge in [-0.2, -0.15) is 0 Å². The molecule has 1 fully saturated rings. The Hall–Kier alpha value is -0.820. The van der Waals surface area contributed by atoms with E-state index in [1.165, 1.54) is 54.4 Å². The molecule has 1 N–H and O–H groups in total. The first-order valence-electron chi connectivity index (χ1n) is 7.90. The molecule has 1 aliphatic carbocycles. The second-order valence-electron chi connectivity index (χ2n) is 6.40. The molecule has 1 aliphatic rings. The molecule has 0 radical (unpaired) electrons. The van der Waals surface area contributed by atoms with Crippen molar-refractivity contribution in [1.82, 2.24) is 5.32 Å². The van der Waals surface area contributed by atoms with Crippen LogP contribution in [0.25, 0.3) is 0 Å². The van der Waals surface area contributed by atoms with Gasteiger partial charge in [-0.25, -0.2) is 0 Å². The van der Waals surface area contributed by atoms with Gasteiger partial charge in [-0.3, -0.25) is 0 Å². The Balaban J connectivity index is 1.95. The number of benzene rings is 1. The van der Waals surface area contributed by atoms with Gasteiger partial charge in [0.15, 0.2) is 0 Å². The lowest BCUT2D eigenvalue weighted by atomic mass is 9.84. The van der Waals surface area contributed by atoms with Crippen LogP contribution in [0.4, 0.5) is 0 Å². The van der Waals surface area contributed by atoms with Crippen LogP contribution >= 0.6 is 0 Å². The predicted molar refractivity (Wildman–Crippen MR) is 83.5 cm³/mol. The maximum atomic E-state index is 3.80. The Labute approximate surface area is 118 Å². The van der Waals surface area contributed by atoms with Crippen molar-refractivity contribution in [1.29, 1.82) is 0 Å². The summed E-state index contributed by atoms with van der Waals surface area (Å²) in [5, 5.41) is 3.80. The summed E-state index contributed by atoms with van der Waals surface area (Å²) in [5.41, 5.74) is 5.76. The molecule has 0 aromatic heterocycles. The highest BCUT2D eigenvalue weighted by Crippen LogP contribution is 2.27. The largest absolute Gasteiger partial charge is 0.310 e. The molecule has 106 valence electrons. The van der Waals surface area contributed by atoms with Crippen molar-refractivity contribution in [2.45, 2.75) is 72.4 Å². The van der Waals surface area contributed by atoms with Crippen LogP contribution in [0.5, 0.6) is 0 Å². The zero-order chi connectivity index (χ0) is 13.8. The average Bonchev–Trinajstić information content (AvgIpc) is 2.37. The SMILES string of the molecule is CCC1CCCC(NCc2c(C)cc(C)cc2C)C1. The van der Waals surface area contributed by atoms with Crippen LogP contribution < -0.4 is 5.32 Å². The average molecular weight is 259 g/mol. The zero-order valence-electron chi connectivity index (χ0n) is 13.1. The van der Waals surface area contributed by atoms with Crippen LogP contribution in [0.2, 0.25) is 0 Å². The van der Waals surface area contributed by atoms with Gasteiger partial charge in [0, 0.05) is 12.6 Å². The third kappa shape index (κ3) is 3.82. The number of nitrogens with one attached hydrogen (secondary N) is 1. The molecular weight excluding hydrogens is 230 g/mol. The number of hydrogen-bond donors (Lipinski definition) is 1. The second kappa shape index (κ2) is 6.56. The molecule has 1 aromatic carbocycles. The highest BCUT2D eigenvalue weighted by Gasteiger charge is 2.20. The van der Waals surface area contributed by atoms with E-state index >= 15 is 0 Å². The van der Waals surface area contributed by atoms with Gasteiger partial charge in [-0.05, 0) is 56.2 Å². The van der Waals surface area contributed by atoms with Gasteiger partial charge >= 0.3 is 0 Å². The first-order chi connectivity index (χ1) is 9.10. The minimum atomic E-state index is 0.735. The fourth-order valence-corrected chi connectivity index (χ4v) is 3.58. The molecular formula is C18H29N. The number of rotatable bonds is 4. The normalized spacial score (nSPS) is 23.6. The lowest BCUT2D eigenvalue weighted by Crippen LogP contribution is -2.34. The lowest BCUT2D eigenvalue weighted by molar-refractivity contribution is 0.278. The fourth-order valence-electron chi connectivity index (χ4n) is 3.58. The van der Waals surface area contributed by atoms with Crippen LogP contribution in [-0.2, 0) is 6.54 Å². The Bertz CT molecular complexity index is 399. The summed E-state index contributed by atoms with van der Waals surface area (Å²) >= 11 is 0. The molecule has 1 saturated carbocycles. The zero-order valence-corrected chi connectivity index (χ0v) is 13.1. The van der Waals surface area contributed by atoms with E-state index in [0.29, 0.717) is 0 Å². The lowest BCUT2D eigenvalue weighted by Gasteiger charge is -2.29. The molecule has 0 heterocycles. The molecule has 1 heteroatoms. The van der Waals surface area contributed by atoms with Crippen molar-refractivity contribution in [3.63, 3.8) is 0 Å². The summed E-state index contributed by atoms with van der Waals surface area (Å²) in [6, 6.07) is 5.35. The van der Waals surface area contributed by atoms with Crippen LogP contribution in [0.1, 0.15) is 61.3 Å². The highest BCUT2D eigenvalue weighted by molar-refractivity contribution is 5.37. The maximum absolute atomic E-state index is 3.80. The van der Waals surface area contributed by atoms with Gasteiger partial charge in [0.1, 0.15) is 0 Å². The summed E-state index contributed by atoms with van der Waals surface area (Å²) in [5.74, 6) is 0.950. The smallest absolute Gasteiger partial charge is 0.0213 e. The van der Waals surface area contributed by atoms with E-state index in [2.05, 4.69) is 45.1 Å². The minimum absolute atomic E-state index is 0.735. The Morgan fingerprint density at radius 2 is 1.79 bits per heavy atom. The molecule has 0 saturated heterocycles. The number of hydrogen-bond acceptors (Lipinski definition) is 1. The van der Waals surface area contributed by atoms with Crippen LogP contribution in [0.3, 0.4) is 0 Å². The van der Waals surface area contributed by atoms with Crippen molar-refractivity contribution in [3.8, 4) is 0 Å². The summed E-state index contributed by atoms with van der Waals surface area (Å²) < 4.78 is 0. The first-order valence-corrected chi connectivity index (χ1v) is 7.90. The third-order valence-corrected chi connectivity index (χ3v) is 4.77. The number of aryl methyl sites for hydroxylation is 3. The molecule has 0 amide bonds. The predicted octanol–water partition coefficient (Wildman–Crippen LogP) is 4.67. The standard InChI is InChI=1S/C18H29N/c1-5-16-7-6-8-17(11-16)19-12-18-14(3)9-13(2)10-15(18)4/h9-10,16-17,19H,5-8,11-12H2,1-4H3. The Kier molecular flexibility index (Phi) is 5.04. The molecule has 0 bridgehead atoms. The highest BCUT2D eigenvalue weighted by atomic mass is 14.9. The molecule has 0 spiro atoms. The second-order valence-corrected chi connectivity index (χ2v) is 6.40. The molecule has 2 unspecified atom stereocenters. The van der Waals surface area contributed by atoms with Crippen LogP contribution in [0.15, 0.2) is 12.1 Å². The summed E-state index contributed by atoms with van der Waals surface area (Å²) in [6.07, 6.45) is 6.93. The maximum Gasteiger partial charge on any atom is 0.0213 e. The summed E-state index contributed by atoms with van der Waals surface area (Å²) in [6.45, 7) is 10.0. The Morgan fingerprint density at radius 1 is 1.11 bits per heavy atom. The molecule has 0 aliphatic heterocycles. The van der Waals surface area contributed by atoms with Crippen molar-refractivity contribution in [2.75, 3.05) is 0 Å². The first kappa shape index (κ1) is 14.6. The van der Waals surface area contributed by atoms with Gasteiger partial charge < -0.3 is 5.32 Å². The van der Waals surface area contributed by atoms with Gasteiger partial charge in [0.25, 0.3) is 0 Å². The fraction of sp³-hybridized carbons (Fsp3) is 0.667. The van der Waals surface area contributed by atoms with E-state index in [9.17, 15) is 0 Å². The molecule has 1 aromatic rings. The van der Waals surface area contributed by atoms with E-state index in [1.807, 2.05) is 0 Å². The molecule has 1 nitrogen and oxygen atoms in total. The van der Waals surface area contributed by atoms with E-state index in [-0.39, 0.29) is 0 Å². The van der Waals surface area contributed by atoms with Gasteiger partial charge in [0.05, 0.1) is 0 Å². The van der Waals surface area contributed by atoms with Gasteiger partial charge in [-0.15, -0.1) is 0 Å². The summed E-state index contributed by atoms with van der Waals surface area (Å²) in [4.78, 5) is 0. The van der Waals surface area contributed by atoms with Gasteiger partial charge in [-0.1, -0.05) is 43.9 Å². The van der Waals surface area contributed by atoms with Crippen LogP contribution in [0, 0.1) is 26.7 Å². The molecule has 2 atom stereocenters. The van der Waals surface area contributed by atoms with Crippen molar-refractivity contribution >= 4 is 0 Å². The summed E-state index contributed by atoms with van der Waals surface area (Å²) in [7, 11) is 0. The topological polar surface area (TPSA) is 12.0 Å². The van der Waals surface area contributed by atoms with Crippen LogP contribution in [-0.4, -0.2) is 6.04 Å². The minimum Gasteiger partial charge on any atom is -0.310 e. The quantitative estimate of drug-likeness (QED) is 0.828. The van der Waals surface area contributed by atoms with E-state index in [0.717, 1.165) is 18.5 Å². The monoisotopic (exact) mass is 259 g/mol. The van der Waals surface area contributed by atoms with E-state index < -0.39 is 0 Å². The molecule has 19 heavy (non-hydrogen) atoms. The third-order valence-electron chi connectivity index (χ3n) is 4.77. The Morgan fingerprint density at radius 3 is 2.42 bits per heavy atom. The molecule has 2 rings (SSSR count). The van der Waals surface area contributed by atoms with E-state index in [4.69, 9.17) is 0 Å².